The predicted octanol–water partition coefficient (Wildman–Crippen LogP) is 3.77. The van der Waals surface area contributed by atoms with Gasteiger partial charge in [0, 0.05) is 5.56 Å². The SMILES string of the molecule is COc1ccc(C(N)=C(c2ccccc2)n2nnc3ccccc32)cc1. The second-order valence-corrected chi connectivity index (χ2v) is 5.85. The summed E-state index contributed by atoms with van der Waals surface area (Å²) in [4.78, 5) is 0. The first-order valence-electron chi connectivity index (χ1n) is 8.28. The first-order valence-corrected chi connectivity index (χ1v) is 8.28. The number of nitrogens with two attached hydrogens (primary N) is 1. The molecule has 5 heteroatoms. The molecule has 0 aliphatic rings. The number of ether oxygens (including phenoxy) is 1. The fourth-order valence-electron chi connectivity index (χ4n) is 2.93. The van der Waals surface area contributed by atoms with E-state index in [1.165, 1.54) is 0 Å². The van der Waals surface area contributed by atoms with Gasteiger partial charge in [0.15, 0.2) is 0 Å². The second kappa shape index (κ2) is 6.72. The summed E-state index contributed by atoms with van der Waals surface area (Å²) in [6, 6.07) is 25.5. The maximum Gasteiger partial charge on any atom is 0.118 e. The molecule has 0 aliphatic heterocycles. The smallest absolute Gasteiger partial charge is 0.118 e. The fourth-order valence-corrected chi connectivity index (χ4v) is 2.93. The molecule has 128 valence electrons. The summed E-state index contributed by atoms with van der Waals surface area (Å²) < 4.78 is 7.04. The molecule has 0 aliphatic carbocycles. The van der Waals surface area contributed by atoms with Crippen molar-refractivity contribution in [1.29, 1.82) is 0 Å². The van der Waals surface area contributed by atoms with E-state index in [1.807, 2.05) is 78.9 Å². The summed E-state index contributed by atoms with van der Waals surface area (Å²) in [5, 5.41) is 8.63. The fraction of sp³-hybridized carbons (Fsp3) is 0.0476. The van der Waals surface area contributed by atoms with Crippen LogP contribution in [0.5, 0.6) is 5.75 Å². The Bertz CT molecular complexity index is 1070. The highest BCUT2D eigenvalue weighted by Crippen LogP contribution is 2.27. The topological polar surface area (TPSA) is 66.0 Å². The van der Waals surface area contributed by atoms with Crippen molar-refractivity contribution in [1.82, 2.24) is 15.0 Å². The van der Waals surface area contributed by atoms with Crippen molar-refractivity contribution in [2.24, 2.45) is 5.73 Å². The molecule has 5 nitrogen and oxygen atoms in total. The molecule has 0 fully saturated rings. The zero-order valence-corrected chi connectivity index (χ0v) is 14.3. The molecule has 0 radical (unpaired) electrons. The minimum absolute atomic E-state index is 0.620. The first-order chi connectivity index (χ1) is 12.8. The van der Waals surface area contributed by atoms with Gasteiger partial charge in [-0.3, -0.25) is 0 Å². The highest BCUT2D eigenvalue weighted by molar-refractivity contribution is 5.92. The molecule has 1 aromatic heterocycles. The molecule has 4 rings (SSSR count). The summed E-state index contributed by atoms with van der Waals surface area (Å²) in [6.45, 7) is 0. The summed E-state index contributed by atoms with van der Waals surface area (Å²) >= 11 is 0. The lowest BCUT2D eigenvalue weighted by atomic mass is 10.0. The van der Waals surface area contributed by atoms with Crippen LogP contribution in [0.2, 0.25) is 0 Å². The molecule has 26 heavy (non-hydrogen) atoms. The molecular weight excluding hydrogens is 324 g/mol. The molecule has 0 spiro atoms. The van der Waals surface area contributed by atoms with Crippen LogP contribution in [0.15, 0.2) is 78.9 Å². The zero-order chi connectivity index (χ0) is 17.9. The zero-order valence-electron chi connectivity index (χ0n) is 14.3. The van der Waals surface area contributed by atoms with E-state index in [0.29, 0.717) is 5.70 Å². The lowest BCUT2D eigenvalue weighted by molar-refractivity contribution is 0.415. The van der Waals surface area contributed by atoms with Crippen molar-refractivity contribution in [2.45, 2.75) is 0 Å². The Morgan fingerprint density at radius 3 is 2.27 bits per heavy atom. The number of aromatic nitrogens is 3. The van der Waals surface area contributed by atoms with Gasteiger partial charge < -0.3 is 10.5 Å². The quantitative estimate of drug-likeness (QED) is 0.573. The third-order valence-electron chi connectivity index (χ3n) is 4.27. The van der Waals surface area contributed by atoms with E-state index in [2.05, 4.69) is 10.3 Å². The monoisotopic (exact) mass is 342 g/mol. The maximum atomic E-state index is 6.60. The molecule has 0 bridgehead atoms. The van der Waals surface area contributed by atoms with Gasteiger partial charge in [-0.1, -0.05) is 47.7 Å². The van der Waals surface area contributed by atoms with Crippen molar-refractivity contribution in [3.8, 4) is 5.75 Å². The van der Waals surface area contributed by atoms with E-state index in [9.17, 15) is 0 Å². The van der Waals surface area contributed by atoms with Crippen molar-refractivity contribution < 1.29 is 4.74 Å². The van der Waals surface area contributed by atoms with Gasteiger partial charge in [0.2, 0.25) is 0 Å². The normalized spacial score (nSPS) is 12.0. The average Bonchev–Trinajstić information content (AvgIpc) is 3.13. The second-order valence-electron chi connectivity index (χ2n) is 5.85. The van der Waals surface area contributed by atoms with Crippen molar-refractivity contribution in [3.63, 3.8) is 0 Å². The maximum absolute atomic E-state index is 6.60. The van der Waals surface area contributed by atoms with E-state index in [0.717, 1.165) is 33.6 Å². The largest absolute Gasteiger partial charge is 0.497 e. The van der Waals surface area contributed by atoms with Crippen LogP contribution in [0.4, 0.5) is 0 Å². The number of hydrogen-bond acceptors (Lipinski definition) is 4. The minimum atomic E-state index is 0.620. The molecule has 1 heterocycles. The molecule has 0 amide bonds. The summed E-state index contributed by atoms with van der Waals surface area (Å²) in [7, 11) is 1.64. The van der Waals surface area contributed by atoms with Crippen LogP contribution in [0.1, 0.15) is 11.1 Å². The van der Waals surface area contributed by atoms with Gasteiger partial charge >= 0.3 is 0 Å². The molecule has 4 aromatic rings. The van der Waals surface area contributed by atoms with Gasteiger partial charge in [0.25, 0.3) is 0 Å². The standard InChI is InChI=1S/C21H18N4O/c1-26-17-13-11-15(12-14-17)20(22)21(16-7-3-2-4-8-16)25-19-10-6-5-9-18(19)23-24-25/h2-14H,22H2,1H3. The van der Waals surface area contributed by atoms with Gasteiger partial charge in [-0.25, -0.2) is 4.68 Å². The Balaban J connectivity index is 1.96. The van der Waals surface area contributed by atoms with E-state index in [4.69, 9.17) is 10.5 Å². The van der Waals surface area contributed by atoms with E-state index < -0.39 is 0 Å². The predicted molar refractivity (Wildman–Crippen MR) is 103 cm³/mol. The number of rotatable bonds is 4. The number of benzene rings is 3. The van der Waals surface area contributed by atoms with E-state index >= 15 is 0 Å². The lowest BCUT2D eigenvalue weighted by Crippen LogP contribution is -2.09. The van der Waals surface area contributed by atoms with Crippen LogP contribution in [0.25, 0.3) is 22.4 Å². The van der Waals surface area contributed by atoms with Crippen LogP contribution in [-0.2, 0) is 0 Å². The number of nitrogens with zero attached hydrogens (tertiary/aromatic N) is 3. The van der Waals surface area contributed by atoms with Gasteiger partial charge in [-0.05, 0) is 42.0 Å². The molecule has 2 N–H and O–H groups in total. The number of methoxy groups -OCH3 is 1. The van der Waals surface area contributed by atoms with Gasteiger partial charge in [-0.2, -0.15) is 0 Å². The molecule has 0 saturated carbocycles. The lowest BCUT2D eigenvalue weighted by Gasteiger charge is -2.14. The van der Waals surface area contributed by atoms with Crippen molar-refractivity contribution in [2.75, 3.05) is 7.11 Å². The Morgan fingerprint density at radius 2 is 1.54 bits per heavy atom. The summed E-state index contributed by atoms with van der Waals surface area (Å²) in [6.07, 6.45) is 0. The van der Waals surface area contributed by atoms with E-state index in [-0.39, 0.29) is 0 Å². The molecule has 0 unspecified atom stereocenters. The van der Waals surface area contributed by atoms with Crippen LogP contribution in [0, 0.1) is 0 Å². The Labute approximate surface area is 151 Å². The Kier molecular flexibility index (Phi) is 4.11. The highest BCUT2D eigenvalue weighted by atomic mass is 16.5. The van der Waals surface area contributed by atoms with Crippen LogP contribution in [-0.4, -0.2) is 22.1 Å². The number of fused-ring (bicyclic) bond motifs is 1. The Hall–Kier alpha value is -3.60. The Morgan fingerprint density at radius 1 is 0.846 bits per heavy atom. The van der Waals surface area contributed by atoms with Gasteiger partial charge in [-0.15, -0.1) is 5.10 Å². The van der Waals surface area contributed by atoms with Gasteiger partial charge in [0.1, 0.15) is 11.3 Å². The highest BCUT2D eigenvalue weighted by Gasteiger charge is 2.15. The molecule has 3 aromatic carbocycles. The third-order valence-corrected chi connectivity index (χ3v) is 4.27. The summed E-state index contributed by atoms with van der Waals surface area (Å²) in [5.74, 6) is 0.786. The van der Waals surface area contributed by atoms with Crippen molar-refractivity contribution >= 4 is 22.4 Å². The number of hydrogen-bond donors (Lipinski definition) is 1. The molecular formula is C21H18N4O. The average molecular weight is 342 g/mol. The minimum Gasteiger partial charge on any atom is -0.497 e. The number of para-hydroxylation sites is 1. The van der Waals surface area contributed by atoms with E-state index in [1.54, 1.807) is 11.8 Å². The van der Waals surface area contributed by atoms with Crippen LogP contribution < -0.4 is 10.5 Å². The van der Waals surface area contributed by atoms with Gasteiger partial charge in [0.05, 0.1) is 24.0 Å². The van der Waals surface area contributed by atoms with Crippen LogP contribution >= 0.6 is 0 Å². The third kappa shape index (κ3) is 2.80. The molecule has 0 atom stereocenters. The first kappa shape index (κ1) is 15.9. The molecule has 0 saturated heterocycles. The summed E-state index contributed by atoms with van der Waals surface area (Å²) in [5.41, 5.74) is 11.6. The van der Waals surface area contributed by atoms with Crippen molar-refractivity contribution in [3.05, 3.63) is 90.0 Å². The van der Waals surface area contributed by atoms with Crippen LogP contribution in [0.3, 0.4) is 0 Å².